The first kappa shape index (κ1) is 7.77. The first-order valence-electron chi connectivity index (χ1n) is 3.93. The average Bonchev–Trinajstić information content (AvgIpc) is 2.55. The smallest absolute Gasteiger partial charge is 0.121 e. The van der Waals surface area contributed by atoms with Gasteiger partial charge in [-0.3, -0.25) is 0 Å². The Labute approximate surface area is 78.9 Å². The number of thiophene rings is 1. The van der Waals surface area contributed by atoms with Crippen molar-refractivity contribution in [3.8, 4) is 0 Å². The second kappa shape index (κ2) is 3.25. The lowest BCUT2D eigenvalue weighted by atomic mass is 10.2. The van der Waals surface area contributed by atoms with E-state index >= 15 is 0 Å². The molecule has 0 aliphatic carbocycles. The Morgan fingerprint density at radius 1 is 1.64 bits per heavy atom. The van der Waals surface area contributed by atoms with Gasteiger partial charge in [-0.25, -0.2) is 0 Å². The second-order valence-corrected chi connectivity index (χ2v) is 4.80. The fourth-order valence-electron chi connectivity index (χ4n) is 1.56. The lowest BCUT2D eigenvalue weighted by molar-refractivity contribution is -0.675. The van der Waals surface area contributed by atoms with Gasteiger partial charge in [0.2, 0.25) is 0 Å². The van der Waals surface area contributed by atoms with Gasteiger partial charge in [0.1, 0.15) is 6.04 Å². The molecule has 1 aromatic rings. The normalized spacial score (nSPS) is 24.3. The van der Waals surface area contributed by atoms with Crippen molar-refractivity contribution in [1.82, 2.24) is 0 Å². The minimum Gasteiger partial charge on any atom is -0.339 e. The molecule has 0 spiro atoms. The topological polar surface area (TPSA) is 16.6 Å². The van der Waals surface area contributed by atoms with Crippen molar-refractivity contribution in [2.24, 2.45) is 0 Å². The number of rotatable bonds is 1. The summed E-state index contributed by atoms with van der Waals surface area (Å²) in [4.78, 5) is 1.52. The Hall–Kier alpha value is 0.140. The molecule has 1 aliphatic rings. The number of quaternary nitrogens is 1. The van der Waals surface area contributed by atoms with Crippen molar-refractivity contribution in [3.05, 3.63) is 20.8 Å². The lowest BCUT2D eigenvalue weighted by Gasteiger charge is -2.01. The molecule has 1 aromatic heterocycles. The fourth-order valence-corrected chi connectivity index (χ4v) is 3.13. The zero-order valence-electron chi connectivity index (χ0n) is 6.22. The van der Waals surface area contributed by atoms with Crippen LogP contribution in [-0.2, 0) is 0 Å². The van der Waals surface area contributed by atoms with Crippen LogP contribution in [0.15, 0.2) is 15.9 Å². The summed E-state index contributed by atoms with van der Waals surface area (Å²) in [5.41, 5.74) is 0. The molecule has 1 aliphatic heterocycles. The van der Waals surface area contributed by atoms with Gasteiger partial charge in [-0.15, -0.1) is 11.3 Å². The van der Waals surface area contributed by atoms with Gasteiger partial charge >= 0.3 is 0 Å². The average molecular weight is 233 g/mol. The molecule has 1 nitrogen and oxygen atoms in total. The molecular weight excluding hydrogens is 222 g/mol. The molecule has 0 radical (unpaired) electrons. The van der Waals surface area contributed by atoms with E-state index < -0.39 is 0 Å². The summed E-state index contributed by atoms with van der Waals surface area (Å²) in [6.45, 7) is 1.31. The summed E-state index contributed by atoms with van der Waals surface area (Å²) in [5.74, 6) is 0. The van der Waals surface area contributed by atoms with E-state index in [0.717, 1.165) is 6.04 Å². The summed E-state index contributed by atoms with van der Waals surface area (Å²) in [6, 6.07) is 3.00. The fraction of sp³-hybridized carbons (Fsp3) is 0.500. The van der Waals surface area contributed by atoms with Gasteiger partial charge in [0.25, 0.3) is 0 Å². The van der Waals surface area contributed by atoms with Crippen LogP contribution in [0.4, 0.5) is 0 Å². The van der Waals surface area contributed by atoms with Crippen LogP contribution < -0.4 is 5.32 Å². The van der Waals surface area contributed by atoms with Crippen LogP contribution in [0, 0.1) is 0 Å². The molecule has 2 heterocycles. The minimum atomic E-state index is 0.756. The van der Waals surface area contributed by atoms with Crippen LogP contribution in [0.25, 0.3) is 0 Å². The van der Waals surface area contributed by atoms with Crippen molar-refractivity contribution in [1.29, 1.82) is 0 Å². The highest BCUT2D eigenvalue weighted by Gasteiger charge is 2.21. The van der Waals surface area contributed by atoms with Crippen LogP contribution in [0.5, 0.6) is 0 Å². The predicted molar refractivity (Wildman–Crippen MR) is 50.8 cm³/mol. The van der Waals surface area contributed by atoms with E-state index in [1.165, 1.54) is 28.7 Å². The van der Waals surface area contributed by atoms with Crippen LogP contribution >= 0.6 is 27.3 Å². The SMILES string of the molecule is Brc1csc([C@@H]2CCC[NH2+]2)c1. The highest BCUT2D eigenvalue weighted by Crippen LogP contribution is 2.27. The molecule has 0 unspecified atom stereocenters. The molecule has 0 saturated carbocycles. The van der Waals surface area contributed by atoms with Crippen molar-refractivity contribution in [3.63, 3.8) is 0 Å². The van der Waals surface area contributed by atoms with E-state index in [0.29, 0.717) is 0 Å². The Kier molecular flexibility index (Phi) is 2.30. The van der Waals surface area contributed by atoms with Crippen LogP contribution in [0.2, 0.25) is 0 Å². The van der Waals surface area contributed by atoms with E-state index in [-0.39, 0.29) is 0 Å². The van der Waals surface area contributed by atoms with Gasteiger partial charge in [-0.2, -0.15) is 0 Å². The molecule has 1 fully saturated rings. The summed E-state index contributed by atoms with van der Waals surface area (Å²) < 4.78 is 1.23. The van der Waals surface area contributed by atoms with E-state index in [1.807, 2.05) is 11.3 Å². The Bertz CT molecular complexity index is 240. The van der Waals surface area contributed by atoms with Gasteiger partial charge in [0, 0.05) is 22.7 Å². The molecule has 60 valence electrons. The molecule has 2 rings (SSSR count). The van der Waals surface area contributed by atoms with E-state index in [9.17, 15) is 0 Å². The summed E-state index contributed by atoms with van der Waals surface area (Å²) >= 11 is 5.34. The summed E-state index contributed by atoms with van der Waals surface area (Å²) in [7, 11) is 0. The molecule has 11 heavy (non-hydrogen) atoms. The van der Waals surface area contributed by atoms with Crippen LogP contribution in [-0.4, -0.2) is 6.54 Å². The first-order chi connectivity index (χ1) is 5.36. The molecule has 1 atom stereocenters. The van der Waals surface area contributed by atoms with E-state index in [2.05, 4.69) is 32.7 Å². The minimum absolute atomic E-state index is 0.756. The molecule has 3 heteroatoms. The van der Waals surface area contributed by atoms with E-state index in [1.54, 1.807) is 0 Å². The van der Waals surface area contributed by atoms with E-state index in [4.69, 9.17) is 0 Å². The molecule has 0 bridgehead atoms. The van der Waals surface area contributed by atoms with Crippen LogP contribution in [0.1, 0.15) is 23.8 Å². The number of nitrogens with two attached hydrogens (primary N) is 1. The molecule has 0 aromatic carbocycles. The largest absolute Gasteiger partial charge is 0.339 e. The Balaban J connectivity index is 2.15. The third-order valence-corrected chi connectivity index (χ3v) is 3.95. The molecular formula is C8H11BrNS+. The highest BCUT2D eigenvalue weighted by atomic mass is 79.9. The van der Waals surface area contributed by atoms with Gasteiger partial charge in [-0.05, 0) is 22.0 Å². The zero-order chi connectivity index (χ0) is 7.68. The maximum atomic E-state index is 3.48. The van der Waals surface area contributed by atoms with Crippen LogP contribution in [0.3, 0.4) is 0 Å². The molecule has 1 saturated heterocycles. The number of hydrogen-bond acceptors (Lipinski definition) is 1. The Morgan fingerprint density at radius 2 is 2.55 bits per heavy atom. The lowest BCUT2D eigenvalue weighted by Crippen LogP contribution is -2.81. The molecule has 2 N–H and O–H groups in total. The molecule has 0 amide bonds. The van der Waals surface area contributed by atoms with Crippen molar-refractivity contribution >= 4 is 27.3 Å². The predicted octanol–water partition coefficient (Wildman–Crippen LogP) is 1.91. The third-order valence-electron chi connectivity index (χ3n) is 2.12. The zero-order valence-corrected chi connectivity index (χ0v) is 8.62. The third kappa shape index (κ3) is 1.66. The second-order valence-electron chi connectivity index (χ2n) is 2.94. The van der Waals surface area contributed by atoms with Gasteiger partial charge in [-0.1, -0.05) is 0 Å². The number of halogens is 1. The van der Waals surface area contributed by atoms with Gasteiger partial charge in [0.05, 0.1) is 11.4 Å². The van der Waals surface area contributed by atoms with Gasteiger partial charge < -0.3 is 5.32 Å². The number of hydrogen-bond donors (Lipinski definition) is 1. The van der Waals surface area contributed by atoms with Crippen molar-refractivity contribution in [2.75, 3.05) is 6.54 Å². The monoisotopic (exact) mass is 232 g/mol. The first-order valence-corrected chi connectivity index (χ1v) is 5.61. The standard InChI is InChI=1S/C8H10BrNS/c9-6-4-8(11-5-6)7-2-1-3-10-7/h4-5,7,10H,1-3H2/p+1/t7-/m0/s1. The van der Waals surface area contributed by atoms with Crippen molar-refractivity contribution in [2.45, 2.75) is 18.9 Å². The summed E-state index contributed by atoms with van der Waals surface area (Å²) in [5, 5.41) is 4.61. The van der Waals surface area contributed by atoms with Gasteiger partial charge in [0.15, 0.2) is 0 Å². The summed E-state index contributed by atoms with van der Waals surface area (Å²) in [6.07, 6.45) is 2.73. The van der Waals surface area contributed by atoms with Crippen molar-refractivity contribution < 1.29 is 5.32 Å². The maximum absolute atomic E-state index is 3.48. The maximum Gasteiger partial charge on any atom is 0.121 e. The Morgan fingerprint density at radius 3 is 3.09 bits per heavy atom. The highest BCUT2D eigenvalue weighted by molar-refractivity contribution is 9.10. The quantitative estimate of drug-likeness (QED) is 0.763.